The average molecular weight is 291 g/mol. The summed E-state index contributed by atoms with van der Waals surface area (Å²) in [5.41, 5.74) is 6.45. The number of hydrogen-bond acceptors (Lipinski definition) is 4. The van der Waals surface area contributed by atoms with Gasteiger partial charge in [0.2, 0.25) is 11.8 Å². The van der Waals surface area contributed by atoms with Crippen molar-refractivity contribution >= 4 is 11.8 Å². The highest BCUT2D eigenvalue weighted by Gasteiger charge is 2.30. The molecule has 0 spiro atoms. The van der Waals surface area contributed by atoms with Crippen molar-refractivity contribution in [2.24, 2.45) is 5.73 Å². The number of amides is 2. The average Bonchev–Trinajstić information content (AvgIpc) is 2.49. The lowest BCUT2D eigenvalue weighted by atomic mass is 10.0. The van der Waals surface area contributed by atoms with E-state index in [1.807, 2.05) is 35.2 Å². The number of rotatable bonds is 5. The summed E-state index contributed by atoms with van der Waals surface area (Å²) in [5, 5.41) is 0. The third-order valence-corrected chi connectivity index (χ3v) is 3.68. The molecule has 1 unspecified atom stereocenters. The molecule has 1 aromatic carbocycles. The van der Waals surface area contributed by atoms with E-state index in [1.165, 1.54) is 7.11 Å². The smallest absolute Gasteiger partial charge is 0.248 e. The maximum absolute atomic E-state index is 11.8. The molecule has 1 aromatic rings. The molecule has 1 saturated heterocycles. The van der Waals surface area contributed by atoms with Gasteiger partial charge in [-0.3, -0.25) is 14.5 Å². The maximum atomic E-state index is 11.8. The molecular weight excluding hydrogens is 270 g/mol. The number of nitrogens with two attached hydrogens (primary N) is 1. The Labute approximate surface area is 124 Å². The summed E-state index contributed by atoms with van der Waals surface area (Å²) in [4.78, 5) is 27.3. The van der Waals surface area contributed by atoms with Gasteiger partial charge in [0.05, 0.1) is 0 Å². The third kappa shape index (κ3) is 3.80. The highest BCUT2D eigenvalue weighted by atomic mass is 16.5. The van der Waals surface area contributed by atoms with Crippen molar-refractivity contribution in [3.8, 4) is 0 Å². The molecule has 0 radical (unpaired) electrons. The minimum absolute atomic E-state index is 0.0208. The Balaban J connectivity index is 2.02. The fraction of sp³-hybridized carbons (Fsp3) is 0.467. The normalized spacial score (nSPS) is 17.5. The summed E-state index contributed by atoms with van der Waals surface area (Å²) >= 11 is 0. The van der Waals surface area contributed by atoms with E-state index in [4.69, 9.17) is 10.5 Å². The van der Waals surface area contributed by atoms with Crippen molar-refractivity contribution in [2.75, 3.05) is 39.9 Å². The van der Waals surface area contributed by atoms with Gasteiger partial charge in [-0.1, -0.05) is 30.3 Å². The molecule has 2 amide bonds. The molecule has 0 aromatic heterocycles. The number of benzene rings is 1. The first-order chi connectivity index (χ1) is 10.1. The molecule has 6 nitrogen and oxygen atoms in total. The van der Waals surface area contributed by atoms with Crippen molar-refractivity contribution in [1.82, 2.24) is 9.80 Å². The van der Waals surface area contributed by atoms with Crippen molar-refractivity contribution < 1.29 is 14.3 Å². The lowest BCUT2D eigenvalue weighted by Gasteiger charge is -2.38. The van der Waals surface area contributed by atoms with E-state index in [0.717, 1.165) is 5.56 Å². The number of ether oxygens (including phenoxy) is 1. The predicted octanol–water partition coefficient (Wildman–Crippen LogP) is 0.00360. The van der Waals surface area contributed by atoms with Crippen LogP contribution < -0.4 is 5.73 Å². The van der Waals surface area contributed by atoms with Crippen molar-refractivity contribution in [3.05, 3.63) is 35.9 Å². The van der Waals surface area contributed by atoms with Crippen LogP contribution in [0.4, 0.5) is 0 Å². The first-order valence-electron chi connectivity index (χ1n) is 6.98. The number of primary amides is 1. The van der Waals surface area contributed by atoms with E-state index in [0.29, 0.717) is 26.2 Å². The molecule has 0 bridgehead atoms. The summed E-state index contributed by atoms with van der Waals surface area (Å²) in [7, 11) is 1.51. The molecule has 21 heavy (non-hydrogen) atoms. The van der Waals surface area contributed by atoms with Crippen LogP contribution in [0.3, 0.4) is 0 Å². The van der Waals surface area contributed by atoms with Gasteiger partial charge in [0.15, 0.2) is 0 Å². The second-order valence-corrected chi connectivity index (χ2v) is 5.07. The number of piperazine rings is 1. The summed E-state index contributed by atoms with van der Waals surface area (Å²) in [6, 6.07) is 9.05. The third-order valence-electron chi connectivity index (χ3n) is 3.68. The highest BCUT2D eigenvalue weighted by Crippen LogP contribution is 2.21. The number of nitrogens with zero attached hydrogens (tertiary/aromatic N) is 2. The Morgan fingerprint density at radius 1 is 1.19 bits per heavy atom. The van der Waals surface area contributed by atoms with Gasteiger partial charge in [-0.15, -0.1) is 0 Å². The lowest BCUT2D eigenvalue weighted by Crippen LogP contribution is -2.52. The molecule has 1 aliphatic heterocycles. The predicted molar refractivity (Wildman–Crippen MR) is 78.4 cm³/mol. The molecule has 1 fully saturated rings. The number of carbonyl (C=O) groups excluding carboxylic acids is 2. The monoisotopic (exact) mass is 291 g/mol. The molecule has 1 aliphatic rings. The fourth-order valence-electron chi connectivity index (χ4n) is 2.63. The van der Waals surface area contributed by atoms with Gasteiger partial charge >= 0.3 is 0 Å². The zero-order valence-electron chi connectivity index (χ0n) is 12.2. The topological polar surface area (TPSA) is 75.9 Å². The van der Waals surface area contributed by atoms with Crippen LogP contribution in [0.25, 0.3) is 0 Å². The van der Waals surface area contributed by atoms with Gasteiger partial charge in [-0.2, -0.15) is 0 Å². The van der Waals surface area contributed by atoms with Gasteiger partial charge < -0.3 is 15.4 Å². The molecule has 2 rings (SSSR count). The van der Waals surface area contributed by atoms with E-state index in [1.54, 1.807) is 4.90 Å². The van der Waals surface area contributed by atoms with Gasteiger partial charge in [0.25, 0.3) is 0 Å². The van der Waals surface area contributed by atoms with Crippen LogP contribution in [-0.4, -0.2) is 61.5 Å². The summed E-state index contributed by atoms with van der Waals surface area (Å²) in [6.07, 6.45) is 0. The summed E-state index contributed by atoms with van der Waals surface area (Å²) in [6.45, 7) is 2.51. The summed E-state index contributed by atoms with van der Waals surface area (Å²) < 4.78 is 4.86. The molecule has 1 atom stereocenters. The van der Waals surface area contributed by atoms with Crippen molar-refractivity contribution in [2.45, 2.75) is 6.04 Å². The van der Waals surface area contributed by atoms with Gasteiger partial charge in [0, 0.05) is 33.3 Å². The maximum Gasteiger partial charge on any atom is 0.248 e. The second kappa shape index (κ2) is 7.19. The van der Waals surface area contributed by atoms with Crippen LogP contribution in [0.2, 0.25) is 0 Å². The molecule has 114 valence electrons. The SMILES string of the molecule is COCC(=O)N1CCN(C(C(N)=O)c2ccccc2)CC1. The van der Waals surface area contributed by atoms with E-state index in [2.05, 4.69) is 0 Å². The van der Waals surface area contributed by atoms with Gasteiger partial charge in [-0.25, -0.2) is 0 Å². The minimum atomic E-state index is -0.439. The molecule has 2 N–H and O–H groups in total. The Kier molecular flexibility index (Phi) is 5.30. The number of carbonyl (C=O) groups is 2. The lowest BCUT2D eigenvalue weighted by molar-refractivity contribution is -0.137. The molecular formula is C15H21N3O3. The summed E-state index contributed by atoms with van der Waals surface area (Å²) in [5.74, 6) is -0.384. The second-order valence-electron chi connectivity index (χ2n) is 5.07. The van der Waals surface area contributed by atoms with Crippen molar-refractivity contribution in [3.63, 3.8) is 0 Å². The van der Waals surface area contributed by atoms with Gasteiger partial charge in [-0.05, 0) is 5.56 Å². The minimum Gasteiger partial charge on any atom is -0.375 e. The highest BCUT2D eigenvalue weighted by molar-refractivity contribution is 5.81. The fourth-order valence-corrected chi connectivity index (χ4v) is 2.63. The number of methoxy groups -OCH3 is 1. The molecule has 6 heteroatoms. The number of hydrogen-bond donors (Lipinski definition) is 1. The largest absolute Gasteiger partial charge is 0.375 e. The van der Waals surface area contributed by atoms with E-state index in [9.17, 15) is 9.59 Å². The van der Waals surface area contributed by atoms with E-state index in [-0.39, 0.29) is 18.4 Å². The first kappa shape index (κ1) is 15.5. The molecule has 0 saturated carbocycles. The van der Waals surface area contributed by atoms with Crippen LogP contribution in [0, 0.1) is 0 Å². The Bertz CT molecular complexity index is 484. The van der Waals surface area contributed by atoms with Crippen LogP contribution in [0.1, 0.15) is 11.6 Å². The van der Waals surface area contributed by atoms with Crippen molar-refractivity contribution in [1.29, 1.82) is 0 Å². The van der Waals surface area contributed by atoms with E-state index >= 15 is 0 Å². The molecule has 0 aliphatic carbocycles. The molecule has 1 heterocycles. The van der Waals surface area contributed by atoms with E-state index < -0.39 is 6.04 Å². The van der Waals surface area contributed by atoms with Crippen LogP contribution >= 0.6 is 0 Å². The standard InChI is InChI=1S/C15H21N3O3/c1-21-11-13(19)17-7-9-18(10-8-17)14(15(16)20)12-5-3-2-4-6-12/h2-6,14H,7-11H2,1H3,(H2,16,20). The zero-order chi connectivity index (χ0) is 15.2. The van der Waals surface area contributed by atoms with Crippen LogP contribution in [0.5, 0.6) is 0 Å². The quantitative estimate of drug-likeness (QED) is 0.829. The first-order valence-corrected chi connectivity index (χ1v) is 6.98. The van der Waals surface area contributed by atoms with Crippen LogP contribution in [-0.2, 0) is 14.3 Å². The Hall–Kier alpha value is -1.92. The Morgan fingerprint density at radius 3 is 2.33 bits per heavy atom. The zero-order valence-corrected chi connectivity index (χ0v) is 12.2. The van der Waals surface area contributed by atoms with Crippen LogP contribution in [0.15, 0.2) is 30.3 Å². The Morgan fingerprint density at radius 2 is 1.81 bits per heavy atom. The van der Waals surface area contributed by atoms with Gasteiger partial charge in [0.1, 0.15) is 12.6 Å².